The Hall–Kier alpha value is -1.57. The smallest absolute Gasteiger partial charge is 0.264 e. The number of nitrogens with one attached hydrogen (secondary N) is 1. The van der Waals surface area contributed by atoms with Gasteiger partial charge in [-0.2, -0.15) is 0 Å². The Balaban J connectivity index is 2.06. The molecule has 0 saturated heterocycles. The number of sulfonamides is 1. The predicted molar refractivity (Wildman–Crippen MR) is 88.5 cm³/mol. The van der Waals surface area contributed by atoms with Crippen LogP contribution < -0.4 is 4.72 Å². The number of amides is 1. The van der Waals surface area contributed by atoms with E-state index in [4.69, 9.17) is 4.74 Å². The van der Waals surface area contributed by atoms with Crippen molar-refractivity contribution in [2.24, 2.45) is 0 Å². The predicted octanol–water partition coefficient (Wildman–Crippen LogP) is 2.02. The van der Waals surface area contributed by atoms with E-state index in [9.17, 15) is 13.2 Å². The molecule has 0 fully saturated rings. The van der Waals surface area contributed by atoms with Crippen LogP contribution >= 0.6 is 11.8 Å². The SMILES string of the molecule is COCCSCC(=O)NS(=O)(=O)c1ccc2ccccc2c1. The molecule has 0 bridgehead atoms. The number of hydrogen-bond donors (Lipinski definition) is 1. The van der Waals surface area contributed by atoms with Crippen LogP contribution in [0.15, 0.2) is 47.4 Å². The third-order valence-electron chi connectivity index (χ3n) is 2.94. The number of thioether (sulfide) groups is 1. The van der Waals surface area contributed by atoms with Crippen LogP contribution in [0, 0.1) is 0 Å². The fourth-order valence-electron chi connectivity index (χ4n) is 1.88. The van der Waals surface area contributed by atoms with E-state index in [0.717, 1.165) is 10.8 Å². The standard InChI is InChI=1S/C15H17NO4S2/c1-20-8-9-21-11-15(17)16-22(18,19)14-7-6-12-4-2-3-5-13(12)10-14/h2-7,10H,8-9,11H2,1H3,(H,16,17). The van der Waals surface area contributed by atoms with E-state index >= 15 is 0 Å². The zero-order chi connectivity index (χ0) is 16.0. The van der Waals surface area contributed by atoms with Gasteiger partial charge in [-0.15, -0.1) is 11.8 Å². The number of methoxy groups -OCH3 is 1. The molecule has 118 valence electrons. The van der Waals surface area contributed by atoms with Crippen LogP contribution in [0.1, 0.15) is 0 Å². The molecule has 2 aromatic rings. The minimum absolute atomic E-state index is 0.0795. The highest BCUT2D eigenvalue weighted by Gasteiger charge is 2.17. The molecular formula is C15H17NO4S2. The normalized spacial score (nSPS) is 11.5. The van der Waals surface area contributed by atoms with Crippen LogP contribution in [0.3, 0.4) is 0 Å². The summed E-state index contributed by atoms with van der Waals surface area (Å²) in [5.41, 5.74) is 0. The Kier molecular flexibility index (Phi) is 5.82. The summed E-state index contributed by atoms with van der Waals surface area (Å²) in [4.78, 5) is 11.8. The average Bonchev–Trinajstić information content (AvgIpc) is 2.50. The summed E-state index contributed by atoms with van der Waals surface area (Å²) in [6, 6.07) is 12.2. The number of carbonyl (C=O) groups excluding carboxylic acids is 1. The Morgan fingerprint density at radius 3 is 2.64 bits per heavy atom. The van der Waals surface area contributed by atoms with E-state index in [1.807, 2.05) is 24.3 Å². The molecule has 1 N–H and O–H groups in total. The third kappa shape index (κ3) is 4.46. The fourth-order valence-corrected chi connectivity index (χ4v) is 3.68. The largest absolute Gasteiger partial charge is 0.384 e. The Bertz CT molecular complexity index is 759. The third-order valence-corrected chi connectivity index (χ3v) is 5.24. The molecule has 0 aliphatic rings. The lowest BCUT2D eigenvalue weighted by atomic mass is 10.1. The van der Waals surface area contributed by atoms with Gasteiger partial charge in [0.1, 0.15) is 0 Å². The summed E-state index contributed by atoms with van der Waals surface area (Å²) in [5.74, 6) is 0.185. The fraction of sp³-hybridized carbons (Fsp3) is 0.267. The highest BCUT2D eigenvalue weighted by molar-refractivity contribution is 8.00. The van der Waals surface area contributed by atoms with Gasteiger partial charge >= 0.3 is 0 Å². The molecule has 22 heavy (non-hydrogen) atoms. The summed E-state index contributed by atoms with van der Waals surface area (Å²) in [6.45, 7) is 0.523. The van der Waals surface area contributed by atoms with Gasteiger partial charge in [0.15, 0.2) is 0 Å². The molecule has 2 aromatic carbocycles. The molecule has 5 nitrogen and oxygen atoms in total. The summed E-state index contributed by atoms with van der Waals surface area (Å²) in [6.07, 6.45) is 0. The average molecular weight is 339 g/mol. The molecule has 0 aliphatic carbocycles. The monoisotopic (exact) mass is 339 g/mol. The van der Waals surface area contributed by atoms with Crippen molar-refractivity contribution in [3.05, 3.63) is 42.5 Å². The minimum Gasteiger partial charge on any atom is -0.384 e. The highest BCUT2D eigenvalue weighted by atomic mass is 32.2. The lowest BCUT2D eigenvalue weighted by Crippen LogP contribution is -2.32. The van der Waals surface area contributed by atoms with E-state index in [2.05, 4.69) is 4.72 Å². The second-order valence-electron chi connectivity index (χ2n) is 4.58. The summed E-state index contributed by atoms with van der Waals surface area (Å²) in [7, 11) is -2.26. The molecule has 0 saturated carbocycles. The maximum atomic E-state index is 12.2. The molecule has 0 spiro atoms. The maximum Gasteiger partial charge on any atom is 0.264 e. The lowest BCUT2D eigenvalue weighted by Gasteiger charge is -2.08. The Morgan fingerprint density at radius 2 is 1.91 bits per heavy atom. The first-order chi connectivity index (χ1) is 10.5. The molecule has 0 aromatic heterocycles. The van der Waals surface area contributed by atoms with Crippen molar-refractivity contribution < 1.29 is 17.9 Å². The molecule has 0 atom stereocenters. The van der Waals surface area contributed by atoms with Crippen LogP contribution in [-0.2, 0) is 19.6 Å². The van der Waals surface area contributed by atoms with E-state index in [1.54, 1.807) is 19.2 Å². The van der Waals surface area contributed by atoms with Crippen molar-refractivity contribution >= 4 is 38.5 Å². The van der Waals surface area contributed by atoms with Gasteiger partial charge in [-0.1, -0.05) is 30.3 Å². The van der Waals surface area contributed by atoms with Gasteiger partial charge in [0.2, 0.25) is 5.91 Å². The van der Waals surface area contributed by atoms with Crippen molar-refractivity contribution in [2.75, 3.05) is 25.2 Å². The van der Waals surface area contributed by atoms with Gasteiger partial charge in [-0.3, -0.25) is 4.79 Å². The summed E-state index contributed by atoms with van der Waals surface area (Å²) in [5, 5.41) is 1.76. The highest BCUT2D eigenvalue weighted by Crippen LogP contribution is 2.18. The number of ether oxygens (including phenoxy) is 1. The van der Waals surface area contributed by atoms with Gasteiger partial charge in [0, 0.05) is 12.9 Å². The van der Waals surface area contributed by atoms with Gasteiger partial charge < -0.3 is 4.74 Å². The van der Waals surface area contributed by atoms with Gasteiger partial charge in [-0.25, -0.2) is 13.1 Å². The molecule has 0 aliphatic heterocycles. The topological polar surface area (TPSA) is 72.5 Å². The quantitative estimate of drug-likeness (QED) is 0.782. The molecule has 7 heteroatoms. The number of fused-ring (bicyclic) bond motifs is 1. The van der Waals surface area contributed by atoms with E-state index in [1.165, 1.54) is 17.8 Å². The van der Waals surface area contributed by atoms with Crippen LogP contribution in [0.4, 0.5) is 0 Å². The Labute approximate surface area is 134 Å². The van der Waals surface area contributed by atoms with Crippen molar-refractivity contribution in [1.82, 2.24) is 4.72 Å². The first kappa shape index (κ1) is 16.8. The van der Waals surface area contributed by atoms with Crippen molar-refractivity contribution in [1.29, 1.82) is 0 Å². The number of carbonyl (C=O) groups is 1. The zero-order valence-electron chi connectivity index (χ0n) is 12.1. The molecule has 1 amide bonds. The van der Waals surface area contributed by atoms with Crippen molar-refractivity contribution in [3.8, 4) is 0 Å². The molecule has 0 unspecified atom stereocenters. The van der Waals surface area contributed by atoms with E-state index < -0.39 is 15.9 Å². The van der Waals surface area contributed by atoms with Gasteiger partial charge in [0.25, 0.3) is 10.0 Å². The van der Waals surface area contributed by atoms with Gasteiger partial charge in [0.05, 0.1) is 17.3 Å². The molecule has 0 radical (unpaired) electrons. The number of rotatable bonds is 7. The second kappa shape index (κ2) is 7.62. The minimum atomic E-state index is -3.84. The molecule has 0 heterocycles. The van der Waals surface area contributed by atoms with Crippen molar-refractivity contribution in [3.63, 3.8) is 0 Å². The summed E-state index contributed by atoms with van der Waals surface area (Å²) < 4.78 is 31.4. The van der Waals surface area contributed by atoms with Crippen LogP contribution in [0.2, 0.25) is 0 Å². The maximum absolute atomic E-state index is 12.2. The van der Waals surface area contributed by atoms with Crippen LogP contribution in [-0.4, -0.2) is 39.5 Å². The summed E-state index contributed by atoms with van der Waals surface area (Å²) >= 11 is 1.32. The lowest BCUT2D eigenvalue weighted by molar-refractivity contribution is -0.116. The second-order valence-corrected chi connectivity index (χ2v) is 7.37. The van der Waals surface area contributed by atoms with Gasteiger partial charge in [-0.05, 0) is 22.9 Å². The zero-order valence-corrected chi connectivity index (χ0v) is 13.7. The first-order valence-electron chi connectivity index (χ1n) is 6.64. The number of benzene rings is 2. The van der Waals surface area contributed by atoms with Crippen molar-refractivity contribution in [2.45, 2.75) is 4.90 Å². The molecule has 2 rings (SSSR count). The Morgan fingerprint density at radius 1 is 1.18 bits per heavy atom. The van der Waals surface area contributed by atoms with E-state index in [0.29, 0.717) is 12.4 Å². The van der Waals surface area contributed by atoms with E-state index in [-0.39, 0.29) is 10.6 Å². The number of hydrogen-bond acceptors (Lipinski definition) is 5. The molecular weight excluding hydrogens is 322 g/mol. The van der Waals surface area contributed by atoms with Crippen LogP contribution in [0.25, 0.3) is 10.8 Å². The first-order valence-corrected chi connectivity index (χ1v) is 9.28. The van der Waals surface area contributed by atoms with Crippen LogP contribution in [0.5, 0.6) is 0 Å².